The first kappa shape index (κ1) is 17.2. The second-order valence-corrected chi connectivity index (χ2v) is 9.65. The lowest BCUT2D eigenvalue weighted by Crippen LogP contribution is -2.52. The molecule has 25 heavy (non-hydrogen) atoms. The maximum absolute atomic E-state index is 13.0. The van der Waals surface area contributed by atoms with Crippen LogP contribution in [0.3, 0.4) is 0 Å². The highest BCUT2D eigenvalue weighted by molar-refractivity contribution is 6.05. The Morgan fingerprint density at radius 1 is 1.12 bits per heavy atom. The third-order valence-electron chi connectivity index (χ3n) is 8.79. The molecule has 0 radical (unpaired) electrons. The molecule has 4 aliphatic carbocycles. The topological polar surface area (TPSA) is 34.1 Å². The van der Waals surface area contributed by atoms with Gasteiger partial charge in [0, 0.05) is 18.4 Å². The molecule has 2 nitrogen and oxygen atoms in total. The van der Waals surface area contributed by atoms with Gasteiger partial charge in [-0.2, -0.15) is 0 Å². The molecule has 3 saturated carbocycles. The number of carbonyl (C=O) groups is 2. The predicted molar refractivity (Wildman–Crippen MR) is 100 cm³/mol. The number of rotatable bonds is 1. The van der Waals surface area contributed by atoms with Gasteiger partial charge in [-0.25, -0.2) is 0 Å². The second-order valence-electron chi connectivity index (χ2n) is 9.65. The third-order valence-corrected chi connectivity index (χ3v) is 8.79. The zero-order valence-electron chi connectivity index (χ0n) is 16.2. The van der Waals surface area contributed by atoms with Crippen molar-refractivity contribution < 1.29 is 9.59 Å². The molecule has 0 aromatic carbocycles. The molecule has 0 aromatic heterocycles. The van der Waals surface area contributed by atoms with E-state index in [0.717, 1.165) is 12.0 Å². The van der Waals surface area contributed by atoms with Crippen LogP contribution in [-0.4, -0.2) is 11.6 Å². The molecule has 4 aliphatic rings. The van der Waals surface area contributed by atoms with Crippen LogP contribution in [-0.2, 0) is 9.59 Å². The summed E-state index contributed by atoms with van der Waals surface area (Å²) in [6, 6.07) is 0. The largest absolute Gasteiger partial charge is 0.295 e. The molecule has 136 valence electrons. The number of Topliss-reactive ketones (excluding diaryl/α,β-unsaturated/α-hetero) is 1. The minimum Gasteiger partial charge on any atom is -0.295 e. The molecule has 0 spiro atoms. The predicted octanol–water partition coefficient (Wildman–Crippen LogP) is 5.28. The molecular weight excluding hydrogens is 308 g/mol. The van der Waals surface area contributed by atoms with Gasteiger partial charge in [-0.15, -0.1) is 0 Å². The van der Waals surface area contributed by atoms with E-state index >= 15 is 0 Å². The summed E-state index contributed by atoms with van der Waals surface area (Å²) < 4.78 is 0. The molecule has 4 rings (SSSR count). The molecule has 0 saturated heterocycles. The van der Waals surface area contributed by atoms with Crippen LogP contribution in [0.2, 0.25) is 0 Å². The zero-order valence-corrected chi connectivity index (χ0v) is 16.2. The lowest BCUT2D eigenvalue weighted by molar-refractivity contribution is -0.131. The molecule has 0 amide bonds. The number of allylic oxidation sites excluding steroid dienone is 3. The fourth-order valence-corrected chi connectivity index (χ4v) is 7.34. The van der Waals surface area contributed by atoms with Crippen molar-refractivity contribution in [2.75, 3.05) is 0 Å². The Morgan fingerprint density at radius 2 is 1.88 bits per heavy atom. The van der Waals surface area contributed by atoms with Crippen molar-refractivity contribution in [3.8, 4) is 0 Å². The maximum atomic E-state index is 13.0. The minimum atomic E-state index is -0.0526. The highest BCUT2D eigenvalue weighted by atomic mass is 16.1. The van der Waals surface area contributed by atoms with Gasteiger partial charge in [0.2, 0.25) is 0 Å². The van der Waals surface area contributed by atoms with Crippen LogP contribution in [0.5, 0.6) is 0 Å². The van der Waals surface area contributed by atoms with E-state index in [1.165, 1.54) is 25.7 Å². The number of hydrogen-bond donors (Lipinski definition) is 0. The van der Waals surface area contributed by atoms with Crippen molar-refractivity contribution in [2.45, 2.75) is 72.6 Å². The fraction of sp³-hybridized carbons (Fsp3) is 0.739. The first-order valence-electron chi connectivity index (χ1n) is 10.2. The Balaban J connectivity index is 1.71. The summed E-state index contributed by atoms with van der Waals surface area (Å²) in [7, 11) is 0. The maximum Gasteiger partial charge on any atom is 0.159 e. The zero-order chi connectivity index (χ0) is 18.0. The van der Waals surface area contributed by atoms with Gasteiger partial charge in [0.05, 0.1) is 0 Å². The number of hydrogen-bond acceptors (Lipinski definition) is 2. The van der Waals surface area contributed by atoms with E-state index in [1.807, 2.05) is 0 Å². The molecule has 0 N–H and O–H groups in total. The first-order chi connectivity index (χ1) is 11.8. The average Bonchev–Trinajstić information content (AvgIpc) is 2.93. The fourth-order valence-electron chi connectivity index (χ4n) is 7.34. The number of ketones is 2. The van der Waals surface area contributed by atoms with Gasteiger partial charge in [0.15, 0.2) is 11.6 Å². The number of fused-ring (bicyclic) bond motifs is 5. The van der Waals surface area contributed by atoms with Crippen molar-refractivity contribution in [2.24, 2.45) is 34.5 Å². The lowest BCUT2D eigenvalue weighted by atomic mass is 9.46. The van der Waals surface area contributed by atoms with E-state index in [9.17, 15) is 9.59 Å². The van der Waals surface area contributed by atoms with E-state index in [0.29, 0.717) is 41.9 Å². The van der Waals surface area contributed by atoms with E-state index in [4.69, 9.17) is 0 Å². The van der Waals surface area contributed by atoms with Crippen molar-refractivity contribution in [1.29, 1.82) is 0 Å². The minimum absolute atomic E-state index is 0.0526. The average molecular weight is 341 g/mol. The van der Waals surface area contributed by atoms with Gasteiger partial charge in [0.1, 0.15) is 0 Å². The molecule has 0 aliphatic heterocycles. The van der Waals surface area contributed by atoms with Crippen LogP contribution >= 0.6 is 0 Å². The van der Waals surface area contributed by atoms with Crippen molar-refractivity contribution in [3.63, 3.8) is 0 Å². The van der Waals surface area contributed by atoms with Gasteiger partial charge in [0.25, 0.3) is 0 Å². The summed E-state index contributed by atoms with van der Waals surface area (Å²) in [6.45, 7) is 9.25. The Kier molecular flexibility index (Phi) is 3.90. The first-order valence-corrected chi connectivity index (χ1v) is 10.2. The monoisotopic (exact) mass is 340 g/mol. The van der Waals surface area contributed by atoms with Crippen molar-refractivity contribution >= 4 is 11.6 Å². The van der Waals surface area contributed by atoms with Crippen LogP contribution < -0.4 is 0 Å². The molecular formula is C23H32O2. The molecule has 2 heteroatoms. The summed E-state index contributed by atoms with van der Waals surface area (Å²) in [5, 5.41) is 0. The summed E-state index contributed by atoms with van der Waals surface area (Å²) in [6.07, 6.45) is 11.2. The SMILES string of the molecule is CC=C(C)[C@H]1CC[C@H]2[C@@H]3CC(=O)C4=CC(=O)CC[C@]4(C)[C@H]3CC[C@]12C. The normalized spacial score (nSPS) is 47.0. The molecule has 3 fully saturated rings. The van der Waals surface area contributed by atoms with Crippen molar-refractivity contribution in [3.05, 3.63) is 23.3 Å². The molecule has 0 heterocycles. The highest BCUT2D eigenvalue weighted by Crippen LogP contribution is 2.66. The Labute approximate surface area is 152 Å². The van der Waals surface area contributed by atoms with Crippen molar-refractivity contribution in [1.82, 2.24) is 0 Å². The van der Waals surface area contributed by atoms with E-state index < -0.39 is 0 Å². The Hall–Kier alpha value is -1.18. The second kappa shape index (κ2) is 5.66. The smallest absolute Gasteiger partial charge is 0.159 e. The number of carbonyl (C=O) groups excluding carboxylic acids is 2. The van der Waals surface area contributed by atoms with Gasteiger partial charge in [-0.05, 0) is 86.5 Å². The van der Waals surface area contributed by atoms with Crippen LogP contribution in [0.1, 0.15) is 72.6 Å². The summed E-state index contributed by atoms with van der Waals surface area (Å²) in [5.41, 5.74) is 2.72. The Bertz CT molecular complexity index is 684. The summed E-state index contributed by atoms with van der Waals surface area (Å²) in [4.78, 5) is 24.9. The molecule has 0 unspecified atom stereocenters. The molecule has 0 bridgehead atoms. The Morgan fingerprint density at radius 3 is 2.60 bits per heavy atom. The highest BCUT2D eigenvalue weighted by Gasteiger charge is 2.60. The van der Waals surface area contributed by atoms with Crippen LogP contribution in [0.15, 0.2) is 23.3 Å². The van der Waals surface area contributed by atoms with E-state index in [-0.39, 0.29) is 17.0 Å². The summed E-state index contributed by atoms with van der Waals surface area (Å²) >= 11 is 0. The van der Waals surface area contributed by atoms with Gasteiger partial charge >= 0.3 is 0 Å². The molecule has 0 aromatic rings. The lowest BCUT2D eigenvalue weighted by Gasteiger charge is -2.57. The van der Waals surface area contributed by atoms with Gasteiger partial charge in [-0.1, -0.05) is 25.5 Å². The van der Waals surface area contributed by atoms with Gasteiger partial charge in [-0.3, -0.25) is 9.59 Å². The van der Waals surface area contributed by atoms with Crippen LogP contribution in [0.25, 0.3) is 0 Å². The van der Waals surface area contributed by atoms with Gasteiger partial charge < -0.3 is 0 Å². The summed E-state index contributed by atoms with van der Waals surface area (Å²) in [5.74, 6) is 2.91. The van der Waals surface area contributed by atoms with E-state index in [2.05, 4.69) is 33.8 Å². The van der Waals surface area contributed by atoms with Crippen LogP contribution in [0.4, 0.5) is 0 Å². The van der Waals surface area contributed by atoms with Crippen LogP contribution in [0, 0.1) is 34.5 Å². The molecule has 6 atom stereocenters. The standard InChI is InChI=1S/C23H32O2/c1-5-14(2)17-6-7-18-16-13-21(25)20-12-15(24)8-10-23(20,4)19(16)9-11-22(17,18)3/h5,12,16-19H,6-11,13H2,1-4H3/t16-,17+,18-,19-,22+,23+/m0/s1. The third kappa shape index (κ3) is 2.28. The quantitative estimate of drug-likeness (QED) is 0.609. The van der Waals surface area contributed by atoms with E-state index in [1.54, 1.807) is 11.6 Å².